The van der Waals surface area contributed by atoms with Crippen LogP contribution in [0.15, 0.2) is 16.8 Å². The Morgan fingerprint density at radius 1 is 1.25 bits per heavy atom. The van der Waals surface area contributed by atoms with Gasteiger partial charge in [0.1, 0.15) is 16.4 Å². The topological polar surface area (TPSA) is 33.2 Å². The van der Waals surface area contributed by atoms with Crippen LogP contribution in [-0.4, -0.2) is 35.1 Å². The highest BCUT2D eigenvalue weighted by molar-refractivity contribution is 7.17. The molecule has 0 aliphatic heterocycles. The summed E-state index contributed by atoms with van der Waals surface area (Å²) in [4.78, 5) is 18.2. The van der Waals surface area contributed by atoms with E-state index in [-0.39, 0.29) is 11.4 Å². The van der Waals surface area contributed by atoms with Gasteiger partial charge in [0.2, 0.25) is 0 Å². The van der Waals surface area contributed by atoms with Gasteiger partial charge in [-0.05, 0) is 23.8 Å². The molecule has 0 saturated carbocycles. The van der Waals surface area contributed by atoms with Crippen molar-refractivity contribution in [1.82, 2.24) is 9.88 Å². The lowest BCUT2D eigenvalue weighted by Gasteiger charge is -2.30. The minimum atomic E-state index is -4.43. The number of carbonyl (C=O) groups excluding carboxylic acids is 1. The first kappa shape index (κ1) is 18.9. The molecule has 0 radical (unpaired) electrons. The predicted molar refractivity (Wildman–Crippen MR) is 91.6 cm³/mol. The van der Waals surface area contributed by atoms with Crippen molar-refractivity contribution in [3.05, 3.63) is 27.4 Å². The SMILES string of the molecule is Cc1nc(-c2ccsc2)sc1C(=O)N(CC(C)(C)C)CC(F)(F)F. The van der Waals surface area contributed by atoms with Crippen molar-refractivity contribution in [1.29, 1.82) is 0 Å². The maximum atomic E-state index is 12.9. The molecule has 0 unspecified atom stereocenters. The molecule has 0 atom stereocenters. The van der Waals surface area contributed by atoms with Gasteiger partial charge >= 0.3 is 6.18 Å². The largest absolute Gasteiger partial charge is 0.406 e. The van der Waals surface area contributed by atoms with E-state index >= 15 is 0 Å². The number of nitrogens with zero attached hydrogens (tertiary/aromatic N) is 2. The summed E-state index contributed by atoms with van der Waals surface area (Å²) < 4.78 is 38.6. The zero-order valence-electron chi connectivity index (χ0n) is 13.9. The number of aromatic nitrogens is 1. The van der Waals surface area contributed by atoms with E-state index in [0.29, 0.717) is 10.7 Å². The van der Waals surface area contributed by atoms with Crippen LogP contribution in [0.1, 0.15) is 36.1 Å². The van der Waals surface area contributed by atoms with Crippen LogP contribution in [0, 0.1) is 12.3 Å². The third kappa shape index (κ3) is 5.04. The average Bonchev–Trinajstić information content (AvgIpc) is 3.02. The van der Waals surface area contributed by atoms with E-state index < -0.39 is 24.0 Å². The Morgan fingerprint density at radius 2 is 1.92 bits per heavy atom. The Bertz CT molecular complexity index is 684. The van der Waals surface area contributed by atoms with Crippen molar-refractivity contribution in [2.75, 3.05) is 13.1 Å². The fraction of sp³-hybridized carbons (Fsp3) is 0.500. The number of carbonyl (C=O) groups is 1. The summed E-state index contributed by atoms with van der Waals surface area (Å²) in [5.74, 6) is -0.612. The number of hydrogen-bond acceptors (Lipinski definition) is 4. The highest BCUT2D eigenvalue weighted by Crippen LogP contribution is 2.31. The fourth-order valence-corrected chi connectivity index (χ4v) is 3.98. The second-order valence-corrected chi connectivity index (χ2v) is 8.56. The summed E-state index contributed by atoms with van der Waals surface area (Å²) in [6.07, 6.45) is -4.43. The first-order chi connectivity index (χ1) is 11.0. The van der Waals surface area contributed by atoms with Gasteiger partial charge in [-0.2, -0.15) is 24.5 Å². The van der Waals surface area contributed by atoms with Crippen LogP contribution in [-0.2, 0) is 0 Å². The molecule has 0 saturated heterocycles. The number of alkyl halides is 3. The molecule has 0 N–H and O–H groups in total. The molecule has 2 aromatic heterocycles. The van der Waals surface area contributed by atoms with Crippen molar-refractivity contribution in [3.63, 3.8) is 0 Å². The molecule has 3 nitrogen and oxygen atoms in total. The highest BCUT2D eigenvalue weighted by Gasteiger charge is 2.36. The quantitative estimate of drug-likeness (QED) is 0.732. The lowest BCUT2D eigenvalue weighted by Crippen LogP contribution is -2.43. The first-order valence-electron chi connectivity index (χ1n) is 7.32. The molecule has 0 fully saturated rings. The molecule has 2 aromatic rings. The number of thiophene rings is 1. The van der Waals surface area contributed by atoms with Crippen LogP contribution in [0.4, 0.5) is 13.2 Å². The van der Waals surface area contributed by atoms with Crippen molar-refractivity contribution in [2.24, 2.45) is 5.41 Å². The molecule has 0 aliphatic rings. The van der Waals surface area contributed by atoms with Crippen LogP contribution in [0.2, 0.25) is 0 Å². The normalized spacial score (nSPS) is 12.5. The van der Waals surface area contributed by atoms with E-state index in [1.54, 1.807) is 27.7 Å². The lowest BCUT2D eigenvalue weighted by molar-refractivity contribution is -0.142. The predicted octanol–water partition coefficient (Wildman–Crippen LogP) is 5.23. The molecular weight excluding hydrogens is 357 g/mol. The molecule has 2 rings (SSSR count). The zero-order chi connectivity index (χ0) is 18.1. The van der Waals surface area contributed by atoms with Gasteiger partial charge in [0, 0.05) is 17.5 Å². The van der Waals surface area contributed by atoms with E-state index in [1.807, 2.05) is 16.8 Å². The van der Waals surface area contributed by atoms with E-state index in [9.17, 15) is 18.0 Å². The first-order valence-corrected chi connectivity index (χ1v) is 9.08. The van der Waals surface area contributed by atoms with Gasteiger partial charge in [-0.1, -0.05) is 20.8 Å². The van der Waals surface area contributed by atoms with E-state index in [0.717, 1.165) is 21.8 Å². The van der Waals surface area contributed by atoms with Crippen molar-refractivity contribution >= 4 is 28.6 Å². The van der Waals surface area contributed by atoms with Gasteiger partial charge in [0.15, 0.2) is 0 Å². The minimum Gasteiger partial charge on any atom is -0.328 e. The molecule has 0 spiro atoms. The van der Waals surface area contributed by atoms with Gasteiger partial charge in [0.25, 0.3) is 5.91 Å². The van der Waals surface area contributed by atoms with Crippen LogP contribution < -0.4 is 0 Å². The van der Waals surface area contributed by atoms with Crippen molar-refractivity contribution in [3.8, 4) is 10.6 Å². The van der Waals surface area contributed by atoms with Crippen LogP contribution in [0.25, 0.3) is 10.6 Å². The Morgan fingerprint density at radius 3 is 2.42 bits per heavy atom. The third-order valence-electron chi connectivity index (χ3n) is 3.08. The maximum absolute atomic E-state index is 12.9. The lowest BCUT2D eigenvalue weighted by atomic mass is 9.96. The zero-order valence-corrected chi connectivity index (χ0v) is 15.5. The minimum absolute atomic E-state index is 0.0243. The molecule has 8 heteroatoms. The molecule has 1 amide bonds. The van der Waals surface area contributed by atoms with Gasteiger partial charge in [0.05, 0.1) is 5.69 Å². The van der Waals surface area contributed by atoms with Crippen LogP contribution >= 0.6 is 22.7 Å². The van der Waals surface area contributed by atoms with E-state index in [1.165, 1.54) is 11.3 Å². The molecule has 0 aliphatic carbocycles. The smallest absolute Gasteiger partial charge is 0.328 e. The fourth-order valence-electron chi connectivity index (χ4n) is 2.24. The number of rotatable bonds is 4. The molecule has 0 bridgehead atoms. The van der Waals surface area contributed by atoms with Gasteiger partial charge in [-0.15, -0.1) is 11.3 Å². The summed E-state index contributed by atoms with van der Waals surface area (Å²) in [6.45, 7) is 5.84. The summed E-state index contributed by atoms with van der Waals surface area (Å²) in [5, 5.41) is 4.44. The summed E-state index contributed by atoms with van der Waals surface area (Å²) in [7, 11) is 0. The second kappa shape index (κ2) is 6.84. The summed E-state index contributed by atoms with van der Waals surface area (Å²) in [5.41, 5.74) is 0.910. The van der Waals surface area contributed by atoms with Crippen LogP contribution in [0.3, 0.4) is 0 Å². The van der Waals surface area contributed by atoms with Crippen LogP contribution in [0.5, 0.6) is 0 Å². The van der Waals surface area contributed by atoms with Gasteiger partial charge < -0.3 is 4.90 Å². The second-order valence-electron chi connectivity index (χ2n) is 6.78. The molecule has 132 valence electrons. The summed E-state index contributed by atoms with van der Waals surface area (Å²) >= 11 is 2.65. The average molecular weight is 376 g/mol. The molecular formula is C16H19F3N2OS2. The van der Waals surface area contributed by atoms with Crippen molar-refractivity contribution < 1.29 is 18.0 Å². The molecule has 24 heavy (non-hydrogen) atoms. The number of thiazole rings is 1. The Labute approximate surface area is 147 Å². The summed E-state index contributed by atoms with van der Waals surface area (Å²) in [6, 6.07) is 1.87. The Hall–Kier alpha value is -1.41. The molecule has 2 heterocycles. The third-order valence-corrected chi connectivity index (χ3v) is 4.96. The number of amides is 1. The number of aryl methyl sites for hydroxylation is 1. The van der Waals surface area contributed by atoms with E-state index in [2.05, 4.69) is 4.98 Å². The van der Waals surface area contributed by atoms with Gasteiger partial charge in [-0.3, -0.25) is 4.79 Å². The number of hydrogen-bond donors (Lipinski definition) is 0. The Balaban J connectivity index is 2.32. The maximum Gasteiger partial charge on any atom is 0.406 e. The number of halogens is 3. The van der Waals surface area contributed by atoms with Crippen molar-refractivity contribution in [2.45, 2.75) is 33.9 Å². The Kier molecular flexibility index (Phi) is 5.39. The highest BCUT2D eigenvalue weighted by atomic mass is 32.1. The monoisotopic (exact) mass is 376 g/mol. The molecule has 0 aromatic carbocycles. The standard InChI is InChI=1S/C16H19F3N2OS2/c1-10-12(24-13(20-10)11-5-6-23-7-11)14(22)21(8-15(2,3)4)9-16(17,18)19/h5-7H,8-9H2,1-4H3. The van der Waals surface area contributed by atoms with E-state index in [4.69, 9.17) is 0 Å². The van der Waals surface area contributed by atoms with Gasteiger partial charge in [-0.25, -0.2) is 4.98 Å².